The molecule has 2 aliphatic rings. The van der Waals surface area contributed by atoms with E-state index in [1.807, 2.05) is 0 Å². The lowest BCUT2D eigenvalue weighted by atomic mass is 9.95. The number of phenols is 1. The first-order valence-electron chi connectivity index (χ1n) is 13.0. The quantitative estimate of drug-likeness (QED) is 0.315. The molecule has 0 radical (unpaired) electrons. The molecule has 1 N–H and O–H groups in total. The fourth-order valence-electron chi connectivity index (χ4n) is 5.68. The van der Waals surface area contributed by atoms with Crippen LogP contribution in [-0.2, 0) is 0 Å². The average Bonchev–Trinajstić information content (AvgIpc) is 3.25. The summed E-state index contributed by atoms with van der Waals surface area (Å²) in [5.74, 6) is 2.69. The lowest BCUT2D eigenvalue weighted by molar-refractivity contribution is 0.378. The van der Waals surface area contributed by atoms with Crippen LogP contribution in [0.15, 0.2) is 30.5 Å². The van der Waals surface area contributed by atoms with Crippen molar-refractivity contribution >= 4 is 27.5 Å². The normalized spacial score (nSPS) is 18.3. The number of methoxy groups -OCH3 is 1. The van der Waals surface area contributed by atoms with Crippen LogP contribution in [-0.4, -0.2) is 40.3 Å². The Morgan fingerprint density at radius 2 is 1.84 bits per heavy atom. The molecular weight excluding hydrogens is 486 g/mol. The molecule has 3 heterocycles. The molecule has 2 fully saturated rings. The minimum Gasteiger partial charge on any atom is -0.508 e. The maximum Gasteiger partial charge on any atom is 0.318 e. The molecule has 1 saturated carbocycles. The Kier molecular flexibility index (Phi) is 7.02. The van der Waals surface area contributed by atoms with E-state index in [4.69, 9.17) is 11.2 Å². The van der Waals surface area contributed by atoms with E-state index in [0.29, 0.717) is 33.8 Å². The third-order valence-electron chi connectivity index (χ3n) is 7.18. The second kappa shape index (κ2) is 10.4. The second-order valence-electron chi connectivity index (χ2n) is 10.0. The molecule has 38 heavy (non-hydrogen) atoms. The summed E-state index contributed by atoms with van der Waals surface area (Å²) in [4.78, 5) is 15.4. The molecule has 2 aromatic carbocycles. The summed E-state index contributed by atoms with van der Waals surface area (Å²) in [5, 5.41) is 11.6. The van der Waals surface area contributed by atoms with Gasteiger partial charge in [-0.15, -0.1) is 6.42 Å². The number of hydrogen-bond acceptors (Lipinski definition) is 6. The predicted molar refractivity (Wildman–Crippen MR) is 145 cm³/mol. The molecule has 1 aliphatic carbocycles. The highest BCUT2D eigenvalue weighted by Gasteiger charge is 2.34. The van der Waals surface area contributed by atoms with Crippen molar-refractivity contribution in [2.75, 3.05) is 25.1 Å². The number of anilines is 1. The molecule has 2 unspecified atom stereocenters. The van der Waals surface area contributed by atoms with Gasteiger partial charge in [0.25, 0.3) is 0 Å². The largest absolute Gasteiger partial charge is 0.508 e. The number of fused-ring (bicyclic) bond motifs is 4. The molecule has 0 amide bonds. The number of halogens is 2. The van der Waals surface area contributed by atoms with Crippen LogP contribution in [0.3, 0.4) is 0 Å². The summed E-state index contributed by atoms with van der Waals surface area (Å²) in [5.41, 5.74) is 0.112. The van der Waals surface area contributed by atoms with Crippen molar-refractivity contribution in [3.8, 4) is 35.4 Å². The first-order chi connectivity index (χ1) is 18.4. The van der Waals surface area contributed by atoms with Crippen LogP contribution in [0.1, 0.15) is 45.1 Å². The third-order valence-corrected chi connectivity index (χ3v) is 7.18. The number of nitrogens with zero attached hydrogens (tertiary/aromatic N) is 4. The van der Waals surface area contributed by atoms with E-state index in [1.54, 1.807) is 0 Å². The van der Waals surface area contributed by atoms with Gasteiger partial charge in [-0.05, 0) is 54.7 Å². The van der Waals surface area contributed by atoms with E-state index in [0.717, 1.165) is 13.1 Å². The highest BCUT2D eigenvalue weighted by molar-refractivity contribution is 6.03. The van der Waals surface area contributed by atoms with Crippen molar-refractivity contribution in [2.24, 2.45) is 11.8 Å². The topological polar surface area (TPSA) is 71.4 Å². The number of hydrogen-bond donors (Lipinski definition) is 1. The molecule has 4 aromatic rings. The summed E-state index contributed by atoms with van der Waals surface area (Å²) in [6.07, 6.45) is 12.0. The van der Waals surface area contributed by atoms with E-state index in [2.05, 4.69) is 39.6 Å². The van der Waals surface area contributed by atoms with Crippen LogP contribution >= 0.6 is 0 Å². The average molecular weight is 517 g/mol. The second-order valence-corrected chi connectivity index (χ2v) is 10.0. The van der Waals surface area contributed by atoms with Crippen LogP contribution < -0.4 is 9.64 Å². The van der Waals surface area contributed by atoms with E-state index in [-0.39, 0.29) is 34.1 Å². The lowest BCUT2D eigenvalue weighted by Crippen LogP contribution is -2.37. The van der Waals surface area contributed by atoms with Crippen LogP contribution in [0.4, 0.5) is 14.6 Å². The van der Waals surface area contributed by atoms with Gasteiger partial charge < -0.3 is 14.7 Å². The maximum absolute atomic E-state index is 16.1. The summed E-state index contributed by atoms with van der Waals surface area (Å²) in [6, 6.07) is 5.55. The van der Waals surface area contributed by atoms with Gasteiger partial charge in [0.05, 0.1) is 18.1 Å². The third kappa shape index (κ3) is 4.47. The number of terminal acetylenes is 1. The Bertz CT molecular complexity index is 1550. The highest BCUT2D eigenvalue weighted by atomic mass is 19.1. The van der Waals surface area contributed by atoms with Crippen LogP contribution in [0.25, 0.3) is 32.9 Å². The van der Waals surface area contributed by atoms with E-state index in [1.165, 1.54) is 63.3 Å². The number of aromatic hydroxyl groups is 1. The van der Waals surface area contributed by atoms with Gasteiger partial charge in [-0.1, -0.05) is 32.3 Å². The van der Waals surface area contributed by atoms with Crippen molar-refractivity contribution in [3.05, 3.63) is 47.7 Å². The summed E-state index contributed by atoms with van der Waals surface area (Å²) >= 11 is 0. The standard InChI is InChI=1S/C27H22F2N4O2.C3H8/c1-3-18-21(28)7-6-16-9-17(34)10-19(22(16)18)24-23(29)25-20(11-30-24)26(32-27(31-25)35-2)33-12-14-4-5-15(8-14)13-33;1-3-2/h1,6-7,9-11,14-15,34H,4-5,8,12-13H2,2H3;3H2,1-2H3. The van der Waals surface area contributed by atoms with E-state index < -0.39 is 11.6 Å². The maximum atomic E-state index is 16.1. The summed E-state index contributed by atoms with van der Waals surface area (Å²) in [6.45, 7) is 5.94. The number of aromatic nitrogens is 3. The molecule has 2 aromatic heterocycles. The number of benzene rings is 2. The molecular formula is C30H30F2N4O2. The Labute approximate surface area is 220 Å². The van der Waals surface area contributed by atoms with Crippen LogP contribution in [0, 0.1) is 35.8 Å². The van der Waals surface area contributed by atoms with Crippen LogP contribution in [0.2, 0.25) is 0 Å². The zero-order chi connectivity index (χ0) is 27.0. The number of rotatable bonds is 3. The van der Waals surface area contributed by atoms with Gasteiger partial charge in [0.2, 0.25) is 0 Å². The SMILES string of the molecule is C#Cc1c(F)ccc2cc(O)cc(-c3ncc4c(N5CC6CCC(C6)C5)nc(OC)nc4c3F)c12.CCC. The summed E-state index contributed by atoms with van der Waals surface area (Å²) in [7, 11) is 1.44. The molecule has 2 bridgehead atoms. The van der Waals surface area contributed by atoms with Gasteiger partial charge in [0.15, 0.2) is 5.82 Å². The number of piperidine rings is 1. The molecule has 8 heteroatoms. The minimum absolute atomic E-state index is 0.0245. The number of pyridine rings is 1. The number of ether oxygens (including phenoxy) is 1. The Balaban J connectivity index is 0.000000937. The fourth-order valence-corrected chi connectivity index (χ4v) is 5.68. The molecule has 1 aliphatic heterocycles. The Morgan fingerprint density at radius 3 is 2.50 bits per heavy atom. The van der Waals surface area contributed by atoms with Crippen molar-refractivity contribution in [1.82, 2.24) is 15.0 Å². The number of phenolic OH excluding ortho intramolecular Hbond substituents is 1. The lowest BCUT2D eigenvalue weighted by Gasteiger charge is -2.33. The smallest absolute Gasteiger partial charge is 0.318 e. The molecule has 6 rings (SSSR count). The molecule has 1 saturated heterocycles. The van der Waals surface area contributed by atoms with Gasteiger partial charge in [-0.2, -0.15) is 9.97 Å². The van der Waals surface area contributed by atoms with Crippen LogP contribution in [0.5, 0.6) is 11.8 Å². The Morgan fingerprint density at radius 1 is 1.13 bits per heavy atom. The van der Waals surface area contributed by atoms with Crippen molar-refractivity contribution in [2.45, 2.75) is 39.5 Å². The highest BCUT2D eigenvalue weighted by Crippen LogP contribution is 2.41. The van der Waals surface area contributed by atoms with Gasteiger partial charge in [0.1, 0.15) is 28.6 Å². The van der Waals surface area contributed by atoms with Crippen molar-refractivity contribution in [3.63, 3.8) is 0 Å². The van der Waals surface area contributed by atoms with Crippen molar-refractivity contribution < 1.29 is 18.6 Å². The molecule has 196 valence electrons. The van der Waals surface area contributed by atoms with Gasteiger partial charge in [-0.25, -0.2) is 8.78 Å². The predicted octanol–water partition coefficient (Wildman–Crippen LogP) is 6.47. The van der Waals surface area contributed by atoms with Crippen molar-refractivity contribution in [1.29, 1.82) is 0 Å². The first kappa shape index (κ1) is 25.7. The molecule has 0 spiro atoms. The molecule has 6 nitrogen and oxygen atoms in total. The van der Waals surface area contributed by atoms with Gasteiger partial charge >= 0.3 is 6.01 Å². The van der Waals surface area contributed by atoms with Gasteiger partial charge in [-0.3, -0.25) is 4.98 Å². The zero-order valence-electron chi connectivity index (χ0n) is 21.8. The first-order valence-corrected chi connectivity index (χ1v) is 13.0. The Hall–Kier alpha value is -3.99. The van der Waals surface area contributed by atoms with Gasteiger partial charge in [0, 0.05) is 30.2 Å². The molecule has 2 atom stereocenters. The monoisotopic (exact) mass is 516 g/mol. The summed E-state index contributed by atoms with van der Waals surface area (Å²) < 4.78 is 36.0. The minimum atomic E-state index is -0.719. The van der Waals surface area contributed by atoms with E-state index in [9.17, 15) is 9.50 Å². The fraction of sp³-hybridized carbons (Fsp3) is 0.367. The van der Waals surface area contributed by atoms with E-state index >= 15 is 4.39 Å². The zero-order valence-corrected chi connectivity index (χ0v) is 21.8.